The minimum Gasteiger partial charge on any atom is -0.344 e. The van der Waals surface area contributed by atoms with Gasteiger partial charge in [0.05, 0.1) is 0 Å². The van der Waals surface area contributed by atoms with Gasteiger partial charge in [0.15, 0.2) is 5.13 Å². The Morgan fingerprint density at radius 3 is 2.60 bits per heavy atom. The molecule has 6 nitrogen and oxygen atoms in total. The van der Waals surface area contributed by atoms with Crippen LogP contribution in [0.2, 0.25) is 0 Å². The highest BCUT2D eigenvalue weighted by Crippen LogP contribution is 2.27. The number of thiazole rings is 1. The van der Waals surface area contributed by atoms with Crippen molar-refractivity contribution in [1.82, 2.24) is 14.9 Å². The van der Waals surface area contributed by atoms with Gasteiger partial charge >= 0.3 is 6.03 Å². The Balaban J connectivity index is 1.37. The van der Waals surface area contributed by atoms with E-state index in [9.17, 15) is 4.79 Å². The fourth-order valence-corrected chi connectivity index (χ4v) is 3.79. The van der Waals surface area contributed by atoms with Crippen molar-refractivity contribution in [2.45, 2.75) is 6.92 Å². The van der Waals surface area contributed by atoms with Crippen LogP contribution >= 0.6 is 11.3 Å². The molecule has 0 radical (unpaired) electrons. The second-order valence-electron chi connectivity index (χ2n) is 6.09. The number of fused-ring (bicyclic) bond motifs is 1. The average molecular weight is 353 g/mol. The van der Waals surface area contributed by atoms with Crippen molar-refractivity contribution in [2.24, 2.45) is 0 Å². The number of carbonyl (C=O) groups excluding carboxylic acids is 1. The molecule has 25 heavy (non-hydrogen) atoms. The second kappa shape index (κ2) is 6.68. The fourth-order valence-electron chi connectivity index (χ4n) is 2.83. The van der Waals surface area contributed by atoms with Crippen molar-refractivity contribution in [2.75, 3.05) is 36.4 Å². The Labute approximate surface area is 150 Å². The van der Waals surface area contributed by atoms with Gasteiger partial charge in [-0.05, 0) is 31.2 Å². The van der Waals surface area contributed by atoms with Gasteiger partial charge in [-0.2, -0.15) is 0 Å². The third-order valence-corrected chi connectivity index (χ3v) is 5.34. The SMILES string of the molecule is Cc1ccc(NC(=O)N2CCN(c3nc4cccnc4s3)CC2)cc1. The minimum atomic E-state index is -0.0468. The first-order valence-electron chi connectivity index (χ1n) is 8.28. The van der Waals surface area contributed by atoms with Crippen LogP contribution in [0.25, 0.3) is 10.3 Å². The lowest BCUT2D eigenvalue weighted by Gasteiger charge is -2.34. The minimum absolute atomic E-state index is 0.0468. The summed E-state index contributed by atoms with van der Waals surface area (Å²) in [6, 6.07) is 11.7. The van der Waals surface area contributed by atoms with E-state index in [0.29, 0.717) is 13.1 Å². The number of hydrogen-bond donors (Lipinski definition) is 1. The molecule has 3 aromatic rings. The van der Waals surface area contributed by atoms with Gasteiger partial charge in [-0.3, -0.25) is 0 Å². The fraction of sp³-hybridized carbons (Fsp3) is 0.278. The van der Waals surface area contributed by atoms with Gasteiger partial charge in [-0.1, -0.05) is 29.0 Å². The molecule has 7 heteroatoms. The number of amides is 2. The summed E-state index contributed by atoms with van der Waals surface area (Å²) in [6.07, 6.45) is 1.79. The van der Waals surface area contributed by atoms with Gasteiger partial charge < -0.3 is 15.1 Å². The predicted octanol–water partition coefficient (Wildman–Crippen LogP) is 3.35. The third-order valence-electron chi connectivity index (χ3n) is 4.30. The normalized spacial score (nSPS) is 14.8. The van der Waals surface area contributed by atoms with E-state index in [4.69, 9.17) is 0 Å². The molecule has 128 valence electrons. The first-order valence-corrected chi connectivity index (χ1v) is 9.10. The van der Waals surface area contributed by atoms with Crippen molar-refractivity contribution >= 4 is 38.5 Å². The molecule has 1 aliphatic rings. The molecule has 0 bridgehead atoms. The van der Waals surface area contributed by atoms with Crippen molar-refractivity contribution in [3.63, 3.8) is 0 Å². The van der Waals surface area contributed by atoms with Crippen LogP contribution in [0.1, 0.15) is 5.56 Å². The summed E-state index contributed by atoms with van der Waals surface area (Å²) in [5, 5.41) is 3.94. The van der Waals surface area contributed by atoms with Gasteiger partial charge in [0.1, 0.15) is 10.3 Å². The molecule has 0 spiro atoms. The third kappa shape index (κ3) is 3.41. The summed E-state index contributed by atoms with van der Waals surface area (Å²) in [6.45, 7) is 4.95. The van der Waals surface area contributed by atoms with E-state index in [2.05, 4.69) is 20.2 Å². The molecule has 0 unspecified atom stereocenters. The first-order chi connectivity index (χ1) is 12.2. The molecule has 1 fully saturated rings. The Bertz CT molecular complexity index is 851. The van der Waals surface area contributed by atoms with Gasteiger partial charge in [-0.25, -0.2) is 14.8 Å². The number of hydrogen-bond acceptors (Lipinski definition) is 5. The standard InChI is InChI=1S/C18H19N5OS/c1-13-4-6-14(7-5-13)20-17(24)22-9-11-23(12-10-22)18-21-15-3-2-8-19-16(15)25-18/h2-8H,9-12H2,1H3,(H,20,24). The van der Waals surface area contributed by atoms with E-state index < -0.39 is 0 Å². The van der Waals surface area contributed by atoms with Crippen molar-refractivity contribution in [1.29, 1.82) is 0 Å². The smallest absolute Gasteiger partial charge is 0.321 e. The number of benzene rings is 1. The van der Waals surface area contributed by atoms with E-state index in [-0.39, 0.29) is 6.03 Å². The van der Waals surface area contributed by atoms with Crippen LogP contribution in [-0.2, 0) is 0 Å². The molecule has 1 N–H and O–H groups in total. The summed E-state index contributed by atoms with van der Waals surface area (Å²) in [7, 11) is 0. The number of aryl methyl sites for hydroxylation is 1. The molecule has 2 aromatic heterocycles. The van der Waals surface area contributed by atoms with Crippen LogP contribution in [0, 0.1) is 6.92 Å². The lowest BCUT2D eigenvalue weighted by molar-refractivity contribution is 0.208. The van der Waals surface area contributed by atoms with E-state index in [1.807, 2.05) is 48.2 Å². The summed E-state index contributed by atoms with van der Waals surface area (Å²) in [4.78, 5) is 26.4. The number of aromatic nitrogens is 2. The largest absolute Gasteiger partial charge is 0.344 e. The molecule has 3 heterocycles. The van der Waals surface area contributed by atoms with Crippen molar-refractivity contribution < 1.29 is 4.79 Å². The Morgan fingerprint density at radius 2 is 1.88 bits per heavy atom. The van der Waals surface area contributed by atoms with Gasteiger partial charge in [0, 0.05) is 38.1 Å². The van der Waals surface area contributed by atoms with Crippen LogP contribution in [0.3, 0.4) is 0 Å². The topological polar surface area (TPSA) is 61.4 Å². The predicted molar refractivity (Wildman–Crippen MR) is 101 cm³/mol. The van der Waals surface area contributed by atoms with Crippen LogP contribution in [0.5, 0.6) is 0 Å². The molecule has 4 rings (SSSR count). The Kier molecular flexibility index (Phi) is 4.23. The number of nitrogens with zero attached hydrogens (tertiary/aromatic N) is 4. The van der Waals surface area contributed by atoms with Crippen molar-refractivity contribution in [3.8, 4) is 0 Å². The van der Waals surface area contributed by atoms with Crippen molar-refractivity contribution in [3.05, 3.63) is 48.2 Å². The lowest BCUT2D eigenvalue weighted by atomic mass is 10.2. The van der Waals surface area contributed by atoms with E-state index in [1.165, 1.54) is 5.56 Å². The molecule has 1 aliphatic heterocycles. The number of pyridine rings is 1. The summed E-state index contributed by atoms with van der Waals surface area (Å²) in [5.74, 6) is 0. The molecular weight excluding hydrogens is 334 g/mol. The molecule has 0 saturated carbocycles. The summed E-state index contributed by atoms with van der Waals surface area (Å²) < 4.78 is 0. The lowest BCUT2D eigenvalue weighted by Crippen LogP contribution is -2.50. The monoisotopic (exact) mass is 353 g/mol. The summed E-state index contributed by atoms with van der Waals surface area (Å²) in [5.41, 5.74) is 2.94. The number of nitrogens with one attached hydrogen (secondary N) is 1. The molecule has 0 aliphatic carbocycles. The van der Waals surface area contributed by atoms with Crippen LogP contribution < -0.4 is 10.2 Å². The molecule has 0 atom stereocenters. The number of rotatable bonds is 2. The number of piperazine rings is 1. The van der Waals surface area contributed by atoms with E-state index >= 15 is 0 Å². The maximum absolute atomic E-state index is 12.4. The average Bonchev–Trinajstić information content (AvgIpc) is 3.08. The highest BCUT2D eigenvalue weighted by Gasteiger charge is 2.23. The Hall–Kier alpha value is -2.67. The molecule has 2 amide bonds. The first kappa shape index (κ1) is 15.8. The second-order valence-corrected chi connectivity index (χ2v) is 7.05. The highest BCUT2D eigenvalue weighted by molar-refractivity contribution is 7.21. The zero-order valence-corrected chi connectivity index (χ0v) is 14.8. The Morgan fingerprint density at radius 1 is 1.12 bits per heavy atom. The zero-order chi connectivity index (χ0) is 17.2. The molecule has 1 saturated heterocycles. The quantitative estimate of drug-likeness (QED) is 0.767. The van der Waals surface area contributed by atoms with Gasteiger partial charge in [-0.15, -0.1) is 0 Å². The highest BCUT2D eigenvalue weighted by atomic mass is 32.1. The van der Waals surface area contributed by atoms with E-state index in [1.54, 1.807) is 17.5 Å². The maximum atomic E-state index is 12.4. The van der Waals surface area contributed by atoms with Crippen LogP contribution in [0.4, 0.5) is 15.6 Å². The van der Waals surface area contributed by atoms with Gasteiger partial charge in [0.25, 0.3) is 0 Å². The molecular formula is C18H19N5OS. The number of urea groups is 1. The number of carbonyl (C=O) groups is 1. The maximum Gasteiger partial charge on any atom is 0.321 e. The zero-order valence-electron chi connectivity index (χ0n) is 14.0. The van der Waals surface area contributed by atoms with Crippen LogP contribution in [-0.4, -0.2) is 47.1 Å². The molecule has 1 aromatic carbocycles. The van der Waals surface area contributed by atoms with E-state index in [0.717, 1.165) is 34.3 Å². The van der Waals surface area contributed by atoms with Crippen LogP contribution in [0.15, 0.2) is 42.6 Å². The summed E-state index contributed by atoms with van der Waals surface area (Å²) >= 11 is 1.60. The van der Waals surface area contributed by atoms with Gasteiger partial charge in [0.2, 0.25) is 0 Å². The number of anilines is 2.